The third kappa shape index (κ3) is 4.38. The van der Waals surface area contributed by atoms with Crippen molar-refractivity contribution in [2.24, 2.45) is 0 Å². The number of nitrogens with one attached hydrogen (secondary N) is 1. The maximum atomic E-state index is 12.2. The van der Waals surface area contributed by atoms with Gasteiger partial charge >= 0.3 is 0 Å². The van der Waals surface area contributed by atoms with Crippen molar-refractivity contribution < 1.29 is 14.3 Å². The summed E-state index contributed by atoms with van der Waals surface area (Å²) in [5.74, 6) is 0.425. The number of hydrogen-bond donors (Lipinski definition) is 2. The summed E-state index contributed by atoms with van der Waals surface area (Å²) in [7, 11) is 0. The molecule has 2 heterocycles. The van der Waals surface area contributed by atoms with Crippen LogP contribution in [0, 0.1) is 0 Å². The lowest BCUT2D eigenvalue weighted by molar-refractivity contribution is 0.0951. The molecule has 2 aromatic heterocycles. The molecule has 0 radical (unpaired) electrons. The summed E-state index contributed by atoms with van der Waals surface area (Å²) in [5, 5.41) is 13.2. The van der Waals surface area contributed by atoms with Crippen LogP contribution in [-0.4, -0.2) is 11.0 Å². The number of benzene rings is 1. The average Bonchev–Trinajstić information content (AvgIpc) is 3.32. The summed E-state index contributed by atoms with van der Waals surface area (Å²) in [6.45, 7) is 2.57. The minimum absolute atomic E-state index is 0.0930. The Morgan fingerprint density at radius 1 is 1.20 bits per heavy atom. The van der Waals surface area contributed by atoms with Gasteiger partial charge < -0.3 is 14.8 Å². The maximum absolute atomic E-state index is 12.2. The molecule has 1 atom stereocenters. The number of carbonyl (C=O) groups excluding carboxylic acids is 1. The van der Waals surface area contributed by atoms with E-state index in [9.17, 15) is 9.90 Å². The highest BCUT2D eigenvalue weighted by molar-refractivity contribution is 7.12. The number of aliphatic hydroxyl groups is 1. The zero-order valence-electron chi connectivity index (χ0n) is 14.1. The molecule has 0 aliphatic rings. The van der Waals surface area contributed by atoms with Crippen LogP contribution >= 0.6 is 11.3 Å². The normalized spacial score (nSPS) is 12.1. The number of rotatable bonds is 7. The van der Waals surface area contributed by atoms with Gasteiger partial charge in [0.25, 0.3) is 5.91 Å². The highest BCUT2D eigenvalue weighted by atomic mass is 32.1. The van der Waals surface area contributed by atoms with Crippen LogP contribution in [0.4, 0.5) is 0 Å². The van der Waals surface area contributed by atoms with Gasteiger partial charge in [-0.15, -0.1) is 11.3 Å². The van der Waals surface area contributed by atoms with Crippen LogP contribution in [0.5, 0.6) is 0 Å². The van der Waals surface area contributed by atoms with E-state index in [-0.39, 0.29) is 5.91 Å². The van der Waals surface area contributed by atoms with Crippen LogP contribution in [0.15, 0.2) is 59.2 Å². The fraction of sp³-hybridized carbons (Fsp3) is 0.250. The van der Waals surface area contributed by atoms with Crippen molar-refractivity contribution in [1.29, 1.82) is 0 Å². The minimum atomic E-state index is -0.768. The molecule has 4 nitrogen and oxygen atoms in total. The van der Waals surface area contributed by atoms with Gasteiger partial charge in [-0.2, -0.15) is 0 Å². The van der Waals surface area contributed by atoms with Crippen LogP contribution in [-0.2, 0) is 13.0 Å². The summed E-state index contributed by atoms with van der Waals surface area (Å²) < 4.78 is 5.23. The van der Waals surface area contributed by atoms with Gasteiger partial charge in [-0.25, -0.2) is 0 Å². The van der Waals surface area contributed by atoms with Crippen LogP contribution in [0.1, 0.15) is 50.9 Å². The van der Waals surface area contributed by atoms with Crippen LogP contribution in [0.3, 0.4) is 0 Å². The quantitative estimate of drug-likeness (QED) is 0.664. The van der Waals surface area contributed by atoms with E-state index in [0.717, 1.165) is 22.6 Å². The van der Waals surface area contributed by atoms with E-state index in [2.05, 4.69) is 12.2 Å². The topological polar surface area (TPSA) is 62.5 Å². The number of aliphatic hydroxyl groups excluding tert-OH is 1. The first-order valence-corrected chi connectivity index (χ1v) is 9.16. The fourth-order valence-corrected chi connectivity index (χ4v) is 3.55. The molecule has 0 bridgehead atoms. The molecule has 0 saturated heterocycles. The monoisotopic (exact) mass is 355 g/mol. The van der Waals surface area contributed by atoms with Gasteiger partial charge in [0.05, 0.1) is 12.8 Å². The number of thiophene rings is 1. The Labute approximate surface area is 151 Å². The third-order valence-electron chi connectivity index (χ3n) is 3.94. The summed E-state index contributed by atoms with van der Waals surface area (Å²) in [5.41, 5.74) is 1.90. The van der Waals surface area contributed by atoms with E-state index in [4.69, 9.17) is 4.42 Å². The van der Waals surface area contributed by atoms with Crippen molar-refractivity contribution in [3.8, 4) is 0 Å². The first-order chi connectivity index (χ1) is 12.2. The minimum Gasteiger partial charge on any atom is -0.466 e. The van der Waals surface area contributed by atoms with Crippen molar-refractivity contribution in [2.75, 3.05) is 0 Å². The number of aryl methyl sites for hydroxylation is 1. The number of amides is 1. The van der Waals surface area contributed by atoms with Gasteiger partial charge in [-0.1, -0.05) is 25.5 Å². The Balaban J connectivity index is 1.57. The van der Waals surface area contributed by atoms with Gasteiger partial charge in [0, 0.05) is 15.3 Å². The zero-order chi connectivity index (χ0) is 17.6. The molecule has 0 spiro atoms. The second-order valence-corrected chi connectivity index (χ2v) is 7.05. The molecule has 2 N–H and O–H groups in total. The lowest BCUT2D eigenvalue weighted by Crippen LogP contribution is -2.22. The summed E-state index contributed by atoms with van der Waals surface area (Å²) in [6.07, 6.45) is 2.89. The Kier molecular flexibility index (Phi) is 5.68. The first-order valence-electron chi connectivity index (χ1n) is 8.34. The molecule has 0 fully saturated rings. The smallest absolute Gasteiger partial charge is 0.251 e. The Hall–Kier alpha value is -2.37. The molecule has 3 rings (SSSR count). The zero-order valence-corrected chi connectivity index (χ0v) is 14.9. The molecule has 1 aromatic carbocycles. The Morgan fingerprint density at radius 3 is 2.68 bits per heavy atom. The predicted octanol–water partition coefficient (Wildman–Crippen LogP) is 4.31. The molecule has 1 unspecified atom stereocenters. The molecular formula is C20H21NO3S. The molecular weight excluding hydrogens is 334 g/mol. The largest absolute Gasteiger partial charge is 0.466 e. The van der Waals surface area contributed by atoms with Crippen molar-refractivity contribution in [2.45, 2.75) is 32.4 Å². The highest BCUT2D eigenvalue weighted by Crippen LogP contribution is 2.28. The van der Waals surface area contributed by atoms with Crippen molar-refractivity contribution in [3.05, 3.63) is 81.4 Å². The molecule has 25 heavy (non-hydrogen) atoms. The van der Waals surface area contributed by atoms with Crippen molar-refractivity contribution in [1.82, 2.24) is 5.32 Å². The predicted molar refractivity (Wildman–Crippen MR) is 98.7 cm³/mol. The maximum Gasteiger partial charge on any atom is 0.251 e. The highest BCUT2D eigenvalue weighted by Gasteiger charge is 2.15. The SMILES string of the molecule is CCCc1ccc(C(=O)NCc2ccc(C(O)c3ccco3)s2)cc1. The van der Waals surface area contributed by atoms with Gasteiger partial charge in [0.15, 0.2) is 0 Å². The molecule has 3 aromatic rings. The van der Waals surface area contributed by atoms with Gasteiger partial charge in [0.2, 0.25) is 0 Å². The van der Waals surface area contributed by atoms with E-state index in [0.29, 0.717) is 17.9 Å². The van der Waals surface area contributed by atoms with Gasteiger partial charge in [-0.05, 0) is 48.4 Å². The van der Waals surface area contributed by atoms with Crippen LogP contribution in [0.25, 0.3) is 0 Å². The fourth-order valence-electron chi connectivity index (χ4n) is 2.60. The van der Waals surface area contributed by atoms with E-state index in [1.165, 1.54) is 16.9 Å². The molecule has 0 aliphatic carbocycles. The Bertz CT molecular complexity index is 806. The van der Waals surface area contributed by atoms with Crippen molar-refractivity contribution >= 4 is 17.2 Å². The van der Waals surface area contributed by atoms with E-state index >= 15 is 0 Å². The van der Waals surface area contributed by atoms with Crippen LogP contribution < -0.4 is 5.32 Å². The van der Waals surface area contributed by atoms with E-state index < -0.39 is 6.10 Å². The average molecular weight is 355 g/mol. The van der Waals surface area contributed by atoms with E-state index in [1.54, 1.807) is 18.4 Å². The molecule has 1 amide bonds. The van der Waals surface area contributed by atoms with Gasteiger partial charge in [-0.3, -0.25) is 4.79 Å². The second-order valence-electron chi connectivity index (χ2n) is 5.85. The first kappa shape index (κ1) is 17.5. The second kappa shape index (κ2) is 8.14. The van der Waals surface area contributed by atoms with Gasteiger partial charge in [0.1, 0.15) is 11.9 Å². The van der Waals surface area contributed by atoms with E-state index in [1.807, 2.05) is 36.4 Å². The number of carbonyl (C=O) groups is 1. The lowest BCUT2D eigenvalue weighted by atomic mass is 10.1. The number of hydrogen-bond acceptors (Lipinski definition) is 4. The summed E-state index contributed by atoms with van der Waals surface area (Å²) in [6, 6.07) is 15.0. The molecule has 5 heteroatoms. The van der Waals surface area contributed by atoms with Crippen molar-refractivity contribution in [3.63, 3.8) is 0 Å². The van der Waals surface area contributed by atoms with Crippen LogP contribution in [0.2, 0.25) is 0 Å². The number of furan rings is 1. The Morgan fingerprint density at radius 2 is 2.00 bits per heavy atom. The molecule has 0 saturated carbocycles. The molecule has 0 aliphatic heterocycles. The molecule has 130 valence electrons. The standard InChI is InChI=1S/C20H21NO3S/c1-2-4-14-6-8-15(9-7-14)20(23)21-13-16-10-11-18(25-16)19(22)17-5-3-12-24-17/h3,5-12,19,22H,2,4,13H2,1H3,(H,21,23). The third-order valence-corrected chi connectivity index (χ3v) is 5.08. The summed E-state index contributed by atoms with van der Waals surface area (Å²) >= 11 is 1.46. The lowest BCUT2D eigenvalue weighted by Gasteiger charge is -2.06. The summed E-state index contributed by atoms with van der Waals surface area (Å²) in [4.78, 5) is 14.0.